The molecule has 2 aromatic carbocycles. The van der Waals surface area contributed by atoms with Crippen molar-refractivity contribution in [3.63, 3.8) is 0 Å². The molecule has 3 nitrogen and oxygen atoms in total. The van der Waals surface area contributed by atoms with E-state index in [-0.39, 0.29) is 17.5 Å². The summed E-state index contributed by atoms with van der Waals surface area (Å²) in [5, 5.41) is 0. The van der Waals surface area contributed by atoms with Crippen molar-refractivity contribution >= 4 is 29.1 Å². The summed E-state index contributed by atoms with van der Waals surface area (Å²) >= 11 is 1.72. The van der Waals surface area contributed by atoms with Crippen LogP contribution in [-0.4, -0.2) is 16.5 Å². The highest BCUT2D eigenvalue weighted by molar-refractivity contribution is 8.00. The smallest absolute Gasteiger partial charge is 0.234 e. The topological polar surface area (TPSA) is 43.4 Å². The summed E-state index contributed by atoms with van der Waals surface area (Å²) in [6.45, 7) is 0. The van der Waals surface area contributed by atoms with Gasteiger partial charge in [-0.3, -0.25) is 9.59 Å². The molecule has 3 aliphatic rings. The minimum absolute atomic E-state index is 0.0437. The third kappa shape index (κ3) is 2.74. The fraction of sp³-hybridized carbons (Fsp3) is 0.333. The number of benzene rings is 2. The van der Waals surface area contributed by atoms with E-state index in [0.717, 1.165) is 36.1 Å². The Morgan fingerprint density at radius 3 is 2.36 bits per heavy atom. The first kappa shape index (κ1) is 17.7. The second kappa shape index (κ2) is 6.93. The SMILES string of the molecule is O=C1C(=O)c2ccccc2C2=C1[C@H]1CCCCCC[C@@]1(Sc1ccccc1)O2. The van der Waals surface area contributed by atoms with Crippen molar-refractivity contribution < 1.29 is 14.3 Å². The zero-order valence-electron chi connectivity index (χ0n) is 15.6. The molecule has 5 rings (SSSR count). The second-order valence-corrected chi connectivity index (χ2v) is 9.15. The van der Waals surface area contributed by atoms with Crippen molar-refractivity contribution in [3.8, 4) is 0 Å². The predicted octanol–water partition coefficient (Wildman–Crippen LogP) is 5.65. The van der Waals surface area contributed by atoms with Gasteiger partial charge in [0.15, 0.2) is 4.93 Å². The van der Waals surface area contributed by atoms with Gasteiger partial charge in [-0.1, -0.05) is 73.5 Å². The highest BCUT2D eigenvalue weighted by atomic mass is 32.2. The highest BCUT2D eigenvalue weighted by Crippen LogP contribution is 2.58. The molecule has 28 heavy (non-hydrogen) atoms. The summed E-state index contributed by atoms with van der Waals surface area (Å²) < 4.78 is 6.71. The minimum Gasteiger partial charge on any atom is -0.475 e. The fourth-order valence-corrected chi connectivity index (χ4v) is 6.20. The van der Waals surface area contributed by atoms with E-state index in [4.69, 9.17) is 4.74 Å². The molecule has 1 aliphatic heterocycles. The van der Waals surface area contributed by atoms with Crippen LogP contribution in [0.3, 0.4) is 0 Å². The van der Waals surface area contributed by atoms with Crippen LogP contribution >= 0.6 is 11.8 Å². The van der Waals surface area contributed by atoms with E-state index >= 15 is 0 Å². The molecular weight excluding hydrogens is 368 g/mol. The Balaban J connectivity index is 1.64. The predicted molar refractivity (Wildman–Crippen MR) is 110 cm³/mol. The Morgan fingerprint density at radius 2 is 1.54 bits per heavy atom. The van der Waals surface area contributed by atoms with Gasteiger partial charge >= 0.3 is 0 Å². The van der Waals surface area contributed by atoms with Crippen LogP contribution < -0.4 is 0 Å². The van der Waals surface area contributed by atoms with E-state index in [0.29, 0.717) is 16.9 Å². The molecule has 1 heterocycles. The van der Waals surface area contributed by atoms with Crippen molar-refractivity contribution in [2.75, 3.05) is 0 Å². The number of rotatable bonds is 2. The molecule has 2 atom stereocenters. The second-order valence-electron chi connectivity index (χ2n) is 7.78. The van der Waals surface area contributed by atoms with E-state index in [1.54, 1.807) is 17.8 Å². The van der Waals surface area contributed by atoms with Crippen LogP contribution in [0.2, 0.25) is 0 Å². The third-order valence-corrected chi connectivity index (χ3v) is 7.49. The van der Waals surface area contributed by atoms with Gasteiger partial charge in [-0.15, -0.1) is 0 Å². The third-order valence-electron chi connectivity index (χ3n) is 6.07. The molecule has 142 valence electrons. The number of hydrogen-bond acceptors (Lipinski definition) is 4. The molecular formula is C24H22O3S. The molecule has 0 radical (unpaired) electrons. The largest absolute Gasteiger partial charge is 0.475 e. The highest BCUT2D eigenvalue weighted by Gasteiger charge is 2.55. The van der Waals surface area contributed by atoms with Crippen molar-refractivity contribution in [2.24, 2.45) is 5.92 Å². The lowest BCUT2D eigenvalue weighted by molar-refractivity contribution is -0.112. The molecule has 0 N–H and O–H groups in total. The zero-order chi connectivity index (χ0) is 19.1. The van der Waals surface area contributed by atoms with Crippen molar-refractivity contribution in [3.05, 3.63) is 71.3 Å². The Bertz CT molecular complexity index is 978. The monoisotopic (exact) mass is 390 g/mol. The molecule has 1 fully saturated rings. The standard InChI is InChI=1S/C24H22O3S/c25-21-17-12-7-8-13-18(17)23-20(22(21)26)19-14-6-1-2-9-15-24(19,27-23)28-16-10-4-3-5-11-16/h3-5,7-8,10-13,19H,1-2,6,9,14-15H2/t19-,24+/m1/s1. The lowest BCUT2D eigenvalue weighted by atomic mass is 9.78. The normalized spacial score (nSPS) is 26.6. The van der Waals surface area contributed by atoms with Crippen molar-refractivity contribution in [1.82, 2.24) is 0 Å². The number of Topliss-reactive ketones (excluding diaryl/α,β-unsaturated/α-hetero) is 2. The maximum Gasteiger partial charge on any atom is 0.234 e. The molecule has 1 saturated carbocycles. The van der Waals surface area contributed by atoms with E-state index in [1.165, 1.54) is 12.8 Å². The Kier molecular flexibility index (Phi) is 4.39. The summed E-state index contributed by atoms with van der Waals surface area (Å²) in [6, 6.07) is 17.6. The number of ketones is 2. The molecule has 0 unspecified atom stereocenters. The molecule has 2 aliphatic carbocycles. The van der Waals surface area contributed by atoms with Gasteiger partial charge in [-0.25, -0.2) is 0 Å². The van der Waals surface area contributed by atoms with Crippen LogP contribution in [0.4, 0.5) is 0 Å². The van der Waals surface area contributed by atoms with E-state index < -0.39 is 4.93 Å². The lowest BCUT2D eigenvalue weighted by Crippen LogP contribution is -2.36. The number of thioether (sulfide) groups is 1. The molecule has 2 aromatic rings. The van der Waals surface area contributed by atoms with Gasteiger partial charge in [0.25, 0.3) is 0 Å². The van der Waals surface area contributed by atoms with Crippen LogP contribution in [0.1, 0.15) is 54.4 Å². The van der Waals surface area contributed by atoms with Crippen LogP contribution in [0.25, 0.3) is 5.76 Å². The Morgan fingerprint density at radius 1 is 0.821 bits per heavy atom. The Labute approximate surface area is 169 Å². The van der Waals surface area contributed by atoms with Crippen LogP contribution in [0.5, 0.6) is 0 Å². The number of ether oxygens (including phenoxy) is 1. The average molecular weight is 391 g/mol. The minimum atomic E-state index is -0.514. The van der Waals surface area contributed by atoms with Gasteiger partial charge in [0.1, 0.15) is 5.76 Å². The van der Waals surface area contributed by atoms with Crippen molar-refractivity contribution in [1.29, 1.82) is 0 Å². The summed E-state index contributed by atoms with van der Waals surface area (Å²) in [7, 11) is 0. The lowest BCUT2D eigenvalue weighted by Gasteiger charge is -2.36. The summed E-state index contributed by atoms with van der Waals surface area (Å²) in [6.07, 6.45) is 6.25. The van der Waals surface area contributed by atoms with Crippen LogP contribution in [-0.2, 0) is 9.53 Å². The van der Waals surface area contributed by atoms with E-state index in [1.807, 2.05) is 36.4 Å². The van der Waals surface area contributed by atoms with Gasteiger partial charge in [-0.2, -0.15) is 0 Å². The summed E-state index contributed by atoms with van der Waals surface area (Å²) in [4.78, 5) is 26.5. The number of hydrogen-bond donors (Lipinski definition) is 0. The average Bonchev–Trinajstić information content (AvgIpc) is 3.01. The molecule has 0 amide bonds. The van der Waals surface area contributed by atoms with Crippen LogP contribution in [0.15, 0.2) is 65.1 Å². The first-order valence-electron chi connectivity index (χ1n) is 10.1. The van der Waals surface area contributed by atoms with Gasteiger partial charge in [0.2, 0.25) is 11.6 Å². The molecule has 0 bridgehead atoms. The van der Waals surface area contributed by atoms with Gasteiger partial charge in [0, 0.05) is 21.9 Å². The number of fused-ring (bicyclic) bond motifs is 4. The van der Waals surface area contributed by atoms with Crippen LogP contribution in [0, 0.1) is 5.92 Å². The maximum atomic E-state index is 13.1. The van der Waals surface area contributed by atoms with Gasteiger partial charge in [0.05, 0.1) is 5.57 Å². The first-order valence-corrected chi connectivity index (χ1v) is 10.9. The van der Waals surface area contributed by atoms with E-state index in [9.17, 15) is 9.59 Å². The molecule has 4 heteroatoms. The Hall–Kier alpha value is -2.33. The fourth-order valence-electron chi connectivity index (χ4n) is 4.76. The summed E-state index contributed by atoms with van der Waals surface area (Å²) in [5.41, 5.74) is 1.87. The zero-order valence-corrected chi connectivity index (χ0v) is 16.5. The number of carbonyl (C=O) groups excluding carboxylic acids is 2. The molecule has 0 spiro atoms. The molecule has 0 saturated heterocycles. The molecule has 0 aromatic heterocycles. The van der Waals surface area contributed by atoms with Gasteiger partial charge < -0.3 is 4.74 Å². The first-order chi connectivity index (χ1) is 13.7. The van der Waals surface area contributed by atoms with Crippen molar-refractivity contribution in [2.45, 2.75) is 48.4 Å². The maximum absolute atomic E-state index is 13.1. The van der Waals surface area contributed by atoms with Gasteiger partial charge in [-0.05, 0) is 31.4 Å². The van der Waals surface area contributed by atoms with E-state index in [2.05, 4.69) is 12.1 Å². The number of carbonyl (C=O) groups is 2. The summed E-state index contributed by atoms with van der Waals surface area (Å²) in [5.74, 6) is -0.149. The quantitative estimate of drug-likeness (QED) is 0.621.